The van der Waals surface area contributed by atoms with E-state index >= 15 is 24.0 Å². The summed E-state index contributed by atoms with van der Waals surface area (Å²) in [7, 11) is 0. The van der Waals surface area contributed by atoms with E-state index in [4.69, 9.17) is 22.9 Å². The minimum absolute atomic E-state index is 0.000732. The number of fused-ring (bicyclic) bond motifs is 2. The van der Waals surface area contributed by atoms with Crippen LogP contribution in [0.25, 0.3) is 0 Å². The summed E-state index contributed by atoms with van der Waals surface area (Å²) in [6, 6.07) is 2.31. The van der Waals surface area contributed by atoms with Gasteiger partial charge in [0, 0.05) is 38.4 Å². The average molecular weight is 1500 g/mol. The van der Waals surface area contributed by atoms with Gasteiger partial charge in [-0.05, 0) is 157 Å². The second-order valence-electron chi connectivity index (χ2n) is 30.9. The fraction of sp³-hybridized carbons (Fsp3) is 0.696. The molecule has 598 valence electrons. The molecule has 0 unspecified atom stereocenters. The van der Waals surface area contributed by atoms with Gasteiger partial charge >= 0.3 is 0 Å². The monoisotopic (exact) mass is 1500 g/mol. The summed E-state index contributed by atoms with van der Waals surface area (Å²) in [5.74, 6) is -9.40. The van der Waals surface area contributed by atoms with Crippen LogP contribution in [0.3, 0.4) is 0 Å². The second kappa shape index (κ2) is 47.1. The Hall–Kier alpha value is -7.92. The number of amides is 11. The van der Waals surface area contributed by atoms with Crippen LogP contribution in [0.1, 0.15) is 208 Å². The molecule has 2 aromatic rings. The molecule has 3 fully saturated rings. The summed E-state index contributed by atoms with van der Waals surface area (Å²) < 4.78 is 0. The van der Waals surface area contributed by atoms with Gasteiger partial charge in [0.1, 0.15) is 60.4 Å². The Kier molecular flexibility index (Phi) is 39.5. The third-order valence-electron chi connectivity index (χ3n) is 20.2. The Morgan fingerprint density at radius 1 is 0.458 bits per heavy atom. The Morgan fingerprint density at radius 3 is 1.33 bits per heavy atom. The molecule has 13 atom stereocenters. The molecule has 3 aliphatic rings. The number of carbonyl (C=O) groups is 12. The third-order valence-corrected chi connectivity index (χ3v) is 20.2. The van der Waals surface area contributed by atoms with Crippen molar-refractivity contribution in [2.24, 2.45) is 46.6 Å². The summed E-state index contributed by atoms with van der Waals surface area (Å²) >= 11 is 0. The summed E-state index contributed by atoms with van der Waals surface area (Å²) in [6.45, 7) is 17.2. The van der Waals surface area contributed by atoms with Crippen LogP contribution in [-0.2, 0) is 70.4 Å². The largest absolute Gasteiger partial charge is 0.345 e. The van der Waals surface area contributed by atoms with E-state index in [1.165, 1.54) is 9.80 Å². The van der Waals surface area contributed by atoms with Crippen molar-refractivity contribution in [3.05, 3.63) is 71.8 Å². The predicted octanol–water partition coefficient (Wildman–Crippen LogP) is 2.84. The van der Waals surface area contributed by atoms with Crippen molar-refractivity contribution in [1.29, 1.82) is 0 Å². The summed E-state index contributed by atoms with van der Waals surface area (Å²) in [6.07, 6.45) is 8.87. The Balaban J connectivity index is 1.67. The molecule has 0 saturated carbocycles. The first kappa shape index (κ1) is 89.7. The molecule has 28 heteroatoms. The number of nitrogens with two attached hydrogens (primary N) is 4. The van der Waals surface area contributed by atoms with Gasteiger partial charge in [-0.1, -0.05) is 155 Å². The SMILES string of the molecule is CCCCCCCC(=O)[C@H](CCCCN)NC(=O)[C@H](CCCCN)N[C@H]1C[C@H]2C(=O)N[C@@H](C(C)C)C(=O)N[C@@H](CCCN)C(=O)N[C@@H](CC(C)C)C(=O)N[C@H](Cc3ccccc3)C(=O)N3CCC[C@H]3C(=O)N[C@@H](C(C)C)C(=O)N[C@@H](CCCN)C(=O)N[C@@H](CC(C)C)C(=O)N[C@H](Cc3ccccc3)C(=O)N2C1. The van der Waals surface area contributed by atoms with Crippen LogP contribution in [-0.4, -0.2) is 198 Å². The highest BCUT2D eigenvalue weighted by Crippen LogP contribution is 2.26. The number of ketones is 1. The summed E-state index contributed by atoms with van der Waals surface area (Å²) in [5.41, 5.74) is 25.3. The molecule has 2 aromatic carbocycles. The lowest BCUT2D eigenvalue weighted by Crippen LogP contribution is -2.62. The van der Waals surface area contributed by atoms with Gasteiger partial charge in [-0.15, -0.1) is 0 Å². The zero-order chi connectivity index (χ0) is 78.7. The molecule has 0 aromatic heterocycles. The molecule has 5 rings (SSSR count). The topological polar surface area (TPSA) is 436 Å². The lowest BCUT2D eigenvalue weighted by molar-refractivity contribution is -0.143. The maximum Gasteiger partial charge on any atom is 0.246 e. The summed E-state index contributed by atoms with van der Waals surface area (Å²) in [4.78, 5) is 183. The molecule has 0 spiro atoms. The van der Waals surface area contributed by atoms with Crippen LogP contribution < -0.4 is 76.1 Å². The van der Waals surface area contributed by atoms with Crippen molar-refractivity contribution in [3.63, 3.8) is 0 Å². The molecular weight excluding hydrogens is 1360 g/mol. The number of carbonyl (C=O) groups excluding carboxylic acids is 12. The number of nitrogens with zero attached hydrogens (tertiary/aromatic N) is 2. The fourth-order valence-electron chi connectivity index (χ4n) is 14.2. The molecule has 0 aliphatic carbocycles. The van der Waals surface area contributed by atoms with Gasteiger partial charge in [0.2, 0.25) is 65.0 Å². The minimum atomic E-state index is -1.42. The van der Waals surface area contributed by atoms with E-state index < -0.39 is 155 Å². The van der Waals surface area contributed by atoms with Gasteiger partial charge < -0.3 is 85.9 Å². The molecule has 3 aliphatic heterocycles. The second-order valence-corrected chi connectivity index (χ2v) is 30.9. The van der Waals surface area contributed by atoms with E-state index in [2.05, 4.69) is 60.1 Å². The van der Waals surface area contributed by atoms with Crippen molar-refractivity contribution in [2.45, 2.75) is 289 Å². The van der Waals surface area contributed by atoms with Crippen molar-refractivity contribution < 1.29 is 57.5 Å². The van der Waals surface area contributed by atoms with Gasteiger partial charge in [-0.3, -0.25) is 57.5 Å². The molecule has 0 bridgehead atoms. The molecule has 18 N–H and O–H groups in total. The average Bonchev–Trinajstić information content (AvgIpc) is 1.54. The third kappa shape index (κ3) is 29.5. The van der Waals surface area contributed by atoms with Crippen LogP contribution in [0.2, 0.25) is 0 Å². The number of nitrogens with one attached hydrogen (secondary N) is 10. The standard InChI is InChI=1S/C79H130N16O12/c1-10-11-12-13-20-37-66(96)56(32-21-23-38-80)85-69(97)57(33-22-24-39-81)84-55-47-65-75(103)93-68(52(8)9)77(105)87-59(35-26-41-83)71(99)88-60(43-49(2)3)72(100)90-62(45-53-28-16-14-17-29-53)78(106)94-42-27-36-64(94)74(102)92-67(51(6)7)76(104)86-58(34-25-40-82)70(98)89-61(44-50(4)5)73(101)91-63(79(107)95(65)48-55)46-54-30-18-15-19-31-54/h14-19,28-31,49-52,55-65,67-68,84H,10-13,20-27,32-48,80-83H2,1-9H3,(H,85,97)(H,86,104)(H,87,105)(H,88,99)(H,89,98)(H,90,100)(H,91,101)(H,92,102)(H,93,103)/t55-,56-,57-,58-,59-,60-,61-,62+,63+,64-,65-,67-,68-/m0/s1. The molecule has 3 saturated heterocycles. The highest BCUT2D eigenvalue weighted by atomic mass is 16.2. The molecular formula is C79H130N16O12. The minimum Gasteiger partial charge on any atom is -0.345 e. The van der Waals surface area contributed by atoms with Crippen LogP contribution in [0.4, 0.5) is 0 Å². The number of Topliss-reactive ketones (excluding diaryl/α,β-unsaturated/α-hetero) is 1. The molecule has 107 heavy (non-hydrogen) atoms. The number of unbranched alkanes of at least 4 members (excludes halogenated alkanes) is 6. The zero-order valence-electron chi connectivity index (χ0n) is 65.2. The van der Waals surface area contributed by atoms with Crippen molar-refractivity contribution >= 4 is 70.8 Å². The highest BCUT2D eigenvalue weighted by Gasteiger charge is 2.46. The van der Waals surface area contributed by atoms with E-state index in [9.17, 15) is 33.6 Å². The predicted molar refractivity (Wildman–Crippen MR) is 413 cm³/mol. The number of hydrogen-bond acceptors (Lipinski definition) is 17. The number of rotatable bonds is 35. The quantitative estimate of drug-likeness (QED) is 0.0441. The Morgan fingerprint density at radius 2 is 0.879 bits per heavy atom. The molecule has 28 nitrogen and oxygen atoms in total. The van der Waals surface area contributed by atoms with E-state index in [-0.39, 0.29) is 121 Å². The maximum atomic E-state index is 16.0. The van der Waals surface area contributed by atoms with Gasteiger partial charge in [0.25, 0.3) is 0 Å². The van der Waals surface area contributed by atoms with Crippen LogP contribution >= 0.6 is 0 Å². The summed E-state index contributed by atoms with van der Waals surface area (Å²) in [5, 5.41) is 29.6. The van der Waals surface area contributed by atoms with Gasteiger partial charge in [0.15, 0.2) is 5.78 Å². The fourth-order valence-corrected chi connectivity index (χ4v) is 14.2. The Bertz CT molecular complexity index is 3160. The first-order valence-corrected chi connectivity index (χ1v) is 39.7. The molecule has 11 amide bonds. The normalized spacial score (nSPS) is 24.4. The van der Waals surface area contributed by atoms with Crippen LogP contribution in [0.15, 0.2) is 60.7 Å². The van der Waals surface area contributed by atoms with E-state index in [1.54, 1.807) is 88.4 Å². The smallest absolute Gasteiger partial charge is 0.246 e. The van der Waals surface area contributed by atoms with Crippen LogP contribution in [0.5, 0.6) is 0 Å². The van der Waals surface area contributed by atoms with Gasteiger partial charge in [-0.25, -0.2) is 0 Å². The van der Waals surface area contributed by atoms with Crippen molar-refractivity contribution in [1.82, 2.24) is 63.0 Å². The first-order chi connectivity index (χ1) is 51.1. The van der Waals surface area contributed by atoms with E-state index in [1.807, 2.05) is 27.7 Å². The van der Waals surface area contributed by atoms with E-state index in [0.29, 0.717) is 69.2 Å². The number of hydrogen-bond donors (Lipinski definition) is 14. The molecule has 0 radical (unpaired) electrons. The van der Waals surface area contributed by atoms with Gasteiger partial charge in [-0.2, -0.15) is 0 Å². The zero-order valence-corrected chi connectivity index (χ0v) is 65.2. The lowest BCUT2D eigenvalue weighted by atomic mass is 9.98. The number of benzene rings is 2. The highest BCUT2D eigenvalue weighted by molar-refractivity contribution is 6.00. The molecule has 3 heterocycles. The van der Waals surface area contributed by atoms with Gasteiger partial charge in [0.05, 0.1) is 12.1 Å². The van der Waals surface area contributed by atoms with E-state index in [0.717, 1.165) is 25.7 Å². The van der Waals surface area contributed by atoms with Crippen molar-refractivity contribution in [3.8, 4) is 0 Å². The van der Waals surface area contributed by atoms with Crippen LogP contribution in [0, 0.1) is 23.7 Å². The Labute approximate surface area is 634 Å². The first-order valence-electron chi connectivity index (χ1n) is 39.7. The maximum absolute atomic E-state index is 16.0. The van der Waals surface area contributed by atoms with Crippen molar-refractivity contribution in [2.75, 3.05) is 39.3 Å². The lowest BCUT2D eigenvalue weighted by Gasteiger charge is -2.33.